The number of para-hydroxylation sites is 2. The normalized spacial score (nSPS) is 15.0. The van der Waals surface area contributed by atoms with Gasteiger partial charge in [0.05, 0.1) is 24.0 Å². The van der Waals surface area contributed by atoms with E-state index in [1.54, 1.807) is 23.9 Å². The molecule has 2 aliphatic heterocycles. The fourth-order valence-corrected chi connectivity index (χ4v) is 6.01. The van der Waals surface area contributed by atoms with Gasteiger partial charge in [-0.15, -0.1) is 0 Å². The maximum absolute atomic E-state index is 9.53. The molecule has 6 rings (SSSR count). The number of hydrogen-bond acceptors (Lipinski definition) is 5. The molecule has 2 heterocycles. The molecule has 0 radical (unpaired) electrons. The second kappa shape index (κ2) is 12.7. The Labute approximate surface area is 262 Å². The summed E-state index contributed by atoms with van der Waals surface area (Å²) in [6.07, 6.45) is 11.1. The molecule has 0 aliphatic carbocycles. The van der Waals surface area contributed by atoms with Crippen LogP contribution in [0, 0.1) is 17.9 Å². The molecule has 6 heteroatoms. The van der Waals surface area contributed by atoms with E-state index in [9.17, 15) is 5.26 Å². The lowest BCUT2D eigenvalue weighted by molar-refractivity contribution is 0.332. The van der Waals surface area contributed by atoms with Crippen LogP contribution in [0.2, 0.25) is 0 Å². The molecule has 0 saturated carbocycles. The summed E-state index contributed by atoms with van der Waals surface area (Å²) in [7, 11) is 4.01. The first-order valence-electron chi connectivity index (χ1n) is 14.0. The highest BCUT2D eigenvalue weighted by Crippen LogP contribution is 2.51. The van der Waals surface area contributed by atoms with Crippen molar-refractivity contribution in [3.8, 4) is 6.07 Å². The van der Waals surface area contributed by atoms with Gasteiger partial charge in [0.15, 0.2) is 0 Å². The summed E-state index contributed by atoms with van der Waals surface area (Å²) < 4.78 is 6.14. The van der Waals surface area contributed by atoms with Gasteiger partial charge < -0.3 is 14.5 Å². The maximum Gasteiger partial charge on any atom is 0.269 e. The topological polar surface area (TPSA) is 43.9 Å². The molecule has 4 aromatic carbocycles. The van der Waals surface area contributed by atoms with Gasteiger partial charge in [0.2, 0.25) is 0 Å². The molecule has 0 aromatic heterocycles. The predicted octanol–water partition coefficient (Wildman–Crippen LogP) is 9.91. The van der Waals surface area contributed by atoms with Crippen molar-refractivity contribution in [2.45, 2.75) is 9.79 Å². The largest absolute Gasteiger partial charge is 0.457 e. The molecular formula is C38H28N4OS. The highest BCUT2D eigenvalue weighted by molar-refractivity contribution is 7.99. The lowest BCUT2D eigenvalue weighted by Gasteiger charge is -2.32. The minimum Gasteiger partial charge on any atom is -0.457 e. The van der Waals surface area contributed by atoms with Crippen molar-refractivity contribution in [2.24, 2.45) is 0 Å². The second-order valence-electron chi connectivity index (χ2n) is 10.3. The highest BCUT2D eigenvalue weighted by atomic mass is 32.2. The highest BCUT2D eigenvalue weighted by Gasteiger charge is 2.24. The van der Waals surface area contributed by atoms with Crippen LogP contribution in [-0.2, 0) is 4.74 Å². The Bertz CT molecular complexity index is 1890. The fraction of sp³-hybridized carbons (Fsp3) is 0.0526. The summed E-state index contributed by atoms with van der Waals surface area (Å²) in [5, 5.41) is 9.53. The van der Waals surface area contributed by atoms with Crippen molar-refractivity contribution in [3.63, 3.8) is 0 Å². The lowest BCUT2D eigenvalue weighted by Crippen LogP contribution is -2.14. The molecule has 0 saturated heterocycles. The maximum atomic E-state index is 9.53. The molecular weight excluding hydrogens is 561 g/mol. The average Bonchev–Trinajstić information content (AvgIpc) is 3.06. The van der Waals surface area contributed by atoms with Crippen LogP contribution in [0.25, 0.3) is 17.0 Å². The number of nitriles is 1. The number of nitrogens with zero attached hydrogens (tertiary/aromatic N) is 4. The monoisotopic (exact) mass is 588 g/mol. The van der Waals surface area contributed by atoms with Gasteiger partial charge in [-0.05, 0) is 89.5 Å². The van der Waals surface area contributed by atoms with E-state index in [2.05, 4.69) is 94.7 Å². The zero-order valence-electron chi connectivity index (χ0n) is 24.3. The Morgan fingerprint density at radius 3 is 1.80 bits per heavy atom. The van der Waals surface area contributed by atoms with E-state index in [1.807, 2.05) is 61.5 Å². The van der Waals surface area contributed by atoms with Crippen molar-refractivity contribution < 1.29 is 4.74 Å². The molecule has 0 amide bonds. The number of benzene rings is 4. The standard InChI is InChI=1S/C38H28N4OS/c1-40-34(26-39)29-24-32(22-16-27-12-18-30(19-13-27)41(2)3)43-33(25-29)23-17-28-14-20-31(21-15-28)42-35-8-4-6-10-37(35)44-38-11-7-5-9-36(38)42/h4-25H,2-3H3/b22-16+,23-17+,34-29+. The third kappa shape index (κ3) is 6.08. The summed E-state index contributed by atoms with van der Waals surface area (Å²) in [6.45, 7) is 7.45. The quantitative estimate of drug-likeness (QED) is 0.146. The smallest absolute Gasteiger partial charge is 0.269 e. The molecule has 44 heavy (non-hydrogen) atoms. The molecule has 0 bridgehead atoms. The lowest BCUT2D eigenvalue weighted by atomic mass is 10.1. The van der Waals surface area contributed by atoms with E-state index in [0.29, 0.717) is 17.1 Å². The van der Waals surface area contributed by atoms with Gasteiger partial charge in [-0.3, -0.25) is 0 Å². The minimum absolute atomic E-state index is 0.0186. The minimum atomic E-state index is 0.0186. The van der Waals surface area contributed by atoms with Crippen LogP contribution in [0.15, 0.2) is 154 Å². The van der Waals surface area contributed by atoms with E-state index < -0.39 is 0 Å². The summed E-state index contributed by atoms with van der Waals surface area (Å²) in [5.41, 5.74) is 7.06. The number of rotatable bonds is 6. The fourth-order valence-electron chi connectivity index (χ4n) is 4.96. The molecule has 0 atom stereocenters. The molecule has 4 aromatic rings. The Morgan fingerprint density at radius 1 is 0.773 bits per heavy atom. The number of anilines is 4. The van der Waals surface area contributed by atoms with Gasteiger partial charge in [0, 0.05) is 35.3 Å². The van der Waals surface area contributed by atoms with Crippen LogP contribution in [0.3, 0.4) is 0 Å². The first-order valence-corrected chi connectivity index (χ1v) is 14.9. The van der Waals surface area contributed by atoms with Crippen molar-refractivity contribution in [3.05, 3.63) is 167 Å². The Kier molecular flexibility index (Phi) is 8.19. The van der Waals surface area contributed by atoms with Crippen molar-refractivity contribution in [1.82, 2.24) is 0 Å². The zero-order chi connectivity index (χ0) is 30.5. The van der Waals surface area contributed by atoms with Gasteiger partial charge in [0.1, 0.15) is 11.5 Å². The van der Waals surface area contributed by atoms with Crippen LogP contribution < -0.4 is 9.80 Å². The number of fused-ring (bicyclic) bond motifs is 2. The molecule has 0 N–H and O–H groups in total. The third-order valence-corrected chi connectivity index (χ3v) is 8.33. The van der Waals surface area contributed by atoms with E-state index in [1.165, 1.54) is 9.79 Å². The molecule has 0 fully saturated rings. The van der Waals surface area contributed by atoms with E-state index in [-0.39, 0.29) is 5.70 Å². The van der Waals surface area contributed by atoms with E-state index in [0.717, 1.165) is 33.9 Å². The van der Waals surface area contributed by atoms with Gasteiger partial charge in [-0.25, -0.2) is 10.1 Å². The Balaban J connectivity index is 1.24. The van der Waals surface area contributed by atoms with Gasteiger partial charge >= 0.3 is 0 Å². The van der Waals surface area contributed by atoms with Crippen LogP contribution in [0.4, 0.5) is 22.7 Å². The SMILES string of the molecule is [C-]#[N+]/C(C#N)=C1C=C(/C=C/c2ccc(N(C)C)cc2)OC(/C=C/c2ccc(N3c4ccccc4Sc4ccccc43)cc2)=C\1. The van der Waals surface area contributed by atoms with Crippen molar-refractivity contribution >= 4 is 46.7 Å². The zero-order valence-corrected chi connectivity index (χ0v) is 25.1. The number of ether oxygens (including phenoxy) is 1. The van der Waals surface area contributed by atoms with Crippen LogP contribution >= 0.6 is 11.8 Å². The summed E-state index contributed by atoms with van der Waals surface area (Å²) in [5.74, 6) is 1.09. The van der Waals surface area contributed by atoms with Gasteiger partial charge in [0.25, 0.3) is 5.70 Å². The van der Waals surface area contributed by atoms with Crippen LogP contribution in [-0.4, -0.2) is 14.1 Å². The van der Waals surface area contributed by atoms with Gasteiger partial charge in [-0.1, -0.05) is 72.4 Å². The molecule has 5 nitrogen and oxygen atoms in total. The third-order valence-electron chi connectivity index (χ3n) is 7.20. The van der Waals surface area contributed by atoms with Crippen molar-refractivity contribution in [1.29, 1.82) is 5.26 Å². The van der Waals surface area contributed by atoms with Crippen LogP contribution in [0.5, 0.6) is 0 Å². The van der Waals surface area contributed by atoms with Crippen molar-refractivity contribution in [2.75, 3.05) is 23.9 Å². The van der Waals surface area contributed by atoms with E-state index in [4.69, 9.17) is 11.3 Å². The average molecular weight is 589 g/mol. The van der Waals surface area contributed by atoms with Crippen LogP contribution in [0.1, 0.15) is 11.1 Å². The number of hydrogen-bond donors (Lipinski definition) is 0. The first-order chi connectivity index (χ1) is 21.5. The summed E-state index contributed by atoms with van der Waals surface area (Å²) in [4.78, 5) is 10.2. The molecule has 0 unspecified atom stereocenters. The summed E-state index contributed by atoms with van der Waals surface area (Å²) in [6, 6.07) is 35.5. The van der Waals surface area contributed by atoms with E-state index >= 15 is 0 Å². The Hall–Kier alpha value is -5.69. The molecule has 2 aliphatic rings. The molecule has 212 valence electrons. The predicted molar refractivity (Wildman–Crippen MR) is 181 cm³/mol. The summed E-state index contributed by atoms with van der Waals surface area (Å²) >= 11 is 1.79. The first kappa shape index (κ1) is 28.4. The van der Waals surface area contributed by atoms with Gasteiger partial charge in [-0.2, -0.15) is 0 Å². The molecule has 0 spiro atoms. The number of allylic oxidation sites excluding steroid dienone is 6. The second-order valence-corrected chi connectivity index (χ2v) is 11.4. The Morgan fingerprint density at radius 2 is 1.30 bits per heavy atom.